The van der Waals surface area contributed by atoms with Crippen molar-refractivity contribution in [3.8, 4) is 0 Å². The molecule has 1 aliphatic heterocycles. The van der Waals surface area contributed by atoms with Gasteiger partial charge >= 0.3 is 0 Å². The number of carbonyl (C=O) groups is 2. The standard InChI is InChI=1S/C15H18N6O2S/c16-12(22)8-10-9-24-15(17-10)18-14(23)11-4-5-13(20-19-11)21-6-2-1-3-7-21/h4-5,9H,1-3,6-8H2,(H2,16,22)(H,17,18,23). The van der Waals surface area contributed by atoms with E-state index in [1.54, 1.807) is 11.4 Å². The highest BCUT2D eigenvalue weighted by molar-refractivity contribution is 7.14. The summed E-state index contributed by atoms with van der Waals surface area (Å²) < 4.78 is 0. The zero-order chi connectivity index (χ0) is 16.9. The molecule has 2 aromatic heterocycles. The maximum Gasteiger partial charge on any atom is 0.277 e. The van der Waals surface area contributed by atoms with Gasteiger partial charge in [0.15, 0.2) is 16.6 Å². The third kappa shape index (κ3) is 4.05. The highest BCUT2D eigenvalue weighted by atomic mass is 32.1. The quantitative estimate of drug-likeness (QED) is 0.841. The minimum Gasteiger partial charge on any atom is -0.369 e. The second kappa shape index (κ2) is 7.35. The summed E-state index contributed by atoms with van der Waals surface area (Å²) in [6, 6.07) is 3.47. The van der Waals surface area contributed by atoms with Crippen molar-refractivity contribution in [2.24, 2.45) is 5.73 Å². The summed E-state index contributed by atoms with van der Waals surface area (Å²) in [6.45, 7) is 1.95. The molecule has 1 saturated heterocycles. The molecule has 1 aliphatic rings. The van der Waals surface area contributed by atoms with Crippen molar-refractivity contribution < 1.29 is 9.59 Å². The summed E-state index contributed by atoms with van der Waals surface area (Å²) in [7, 11) is 0. The lowest BCUT2D eigenvalue weighted by molar-refractivity contribution is -0.117. The van der Waals surface area contributed by atoms with E-state index in [0.29, 0.717) is 10.8 Å². The number of nitrogens with one attached hydrogen (secondary N) is 1. The fourth-order valence-corrected chi connectivity index (χ4v) is 3.23. The summed E-state index contributed by atoms with van der Waals surface area (Å²) in [6.07, 6.45) is 3.61. The number of hydrogen-bond acceptors (Lipinski definition) is 7. The van der Waals surface area contributed by atoms with Crippen LogP contribution >= 0.6 is 11.3 Å². The van der Waals surface area contributed by atoms with Crippen LogP contribution in [0.15, 0.2) is 17.5 Å². The Morgan fingerprint density at radius 1 is 1.21 bits per heavy atom. The van der Waals surface area contributed by atoms with E-state index in [-0.39, 0.29) is 18.0 Å². The van der Waals surface area contributed by atoms with E-state index in [1.807, 2.05) is 6.07 Å². The number of nitrogens with zero attached hydrogens (tertiary/aromatic N) is 4. The molecular formula is C15H18N6O2S. The normalized spacial score (nSPS) is 14.4. The lowest BCUT2D eigenvalue weighted by atomic mass is 10.1. The van der Waals surface area contributed by atoms with Crippen molar-refractivity contribution in [3.63, 3.8) is 0 Å². The van der Waals surface area contributed by atoms with Gasteiger partial charge in [0.25, 0.3) is 5.91 Å². The van der Waals surface area contributed by atoms with E-state index in [9.17, 15) is 9.59 Å². The molecule has 24 heavy (non-hydrogen) atoms. The summed E-state index contributed by atoms with van der Waals surface area (Å²) >= 11 is 1.23. The molecule has 1 fully saturated rings. The molecule has 0 aliphatic carbocycles. The van der Waals surface area contributed by atoms with Crippen molar-refractivity contribution >= 4 is 34.1 Å². The fourth-order valence-electron chi connectivity index (χ4n) is 2.52. The molecule has 0 unspecified atom stereocenters. The second-order valence-electron chi connectivity index (χ2n) is 5.57. The monoisotopic (exact) mass is 346 g/mol. The van der Waals surface area contributed by atoms with E-state index in [4.69, 9.17) is 5.73 Å². The maximum absolute atomic E-state index is 12.2. The van der Waals surface area contributed by atoms with Crippen molar-refractivity contribution in [2.45, 2.75) is 25.7 Å². The summed E-state index contributed by atoms with van der Waals surface area (Å²) in [5.74, 6) is -0.0470. The van der Waals surface area contributed by atoms with Crippen LogP contribution in [0.4, 0.5) is 10.9 Å². The molecule has 8 nitrogen and oxygen atoms in total. The number of anilines is 2. The molecule has 3 heterocycles. The van der Waals surface area contributed by atoms with Gasteiger partial charge in [-0.1, -0.05) is 0 Å². The zero-order valence-electron chi connectivity index (χ0n) is 13.1. The maximum atomic E-state index is 12.2. The number of nitrogens with two attached hydrogens (primary N) is 1. The Hall–Kier alpha value is -2.55. The average Bonchev–Trinajstić information content (AvgIpc) is 3.02. The van der Waals surface area contributed by atoms with Gasteiger partial charge in [-0.2, -0.15) is 0 Å². The zero-order valence-corrected chi connectivity index (χ0v) is 13.9. The second-order valence-corrected chi connectivity index (χ2v) is 6.42. The first-order valence-electron chi connectivity index (χ1n) is 7.74. The van der Waals surface area contributed by atoms with Crippen LogP contribution in [0.3, 0.4) is 0 Å². The number of amides is 2. The van der Waals surface area contributed by atoms with Gasteiger partial charge in [-0.15, -0.1) is 21.5 Å². The number of thiazole rings is 1. The van der Waals surface area contributed by atoms with Crippen molar-refractivity contribution in [1.29, 1.82) is 0 Å². The Kier molecular flexibility index (Phi) is 4.99. The Bertz CT molecular complexity index is 724. The molecule has 126 valence electrons. The molecular weight excluding hydrogens is 328 g/mol. The predicted molar refractivity (Wildman–Crippen MR) is 91.1 cm³/mol. The molecule has 0 bridgehead atoms. The third-order valence-electron chi connectivity index (χ3n) is 3.69. The summed E-state index contributed by atoms with van der Waals surface area (Å²) in [4.78, 5) is 29.4. The van der Waals surface area contributed by atoms with E-state index in [0.717, 1.165) is 31.7 Å². The van der Waals surface area contributed by atoms with Crippen LogP contribution < -0.4 is 16.0 Å². The molecule has 0 atom stereocenters. The molecule has 0 saturated carbocycles. The molecule has 9 heteroatoms. The number of primary amides is 1. The molecule has 0 radical (unpaired) electrons. The third-order valence-corrected chi connectivity index (χ3v) is 4.50. The molecule has 2 amide bonds. The Labute approximate surface area is 143 Å². The molecule has 0 spiro atoms. The minimum absolute atomic E-state index is 0.0523. The van der Waals surface area contributed by atoms with E-state index in [2.05, 4.69) is 25.4 Å². The highest BCUT2D eigenvalue weighted by Crippen LogP contribution is 2.18. The Morgan fingerprint density at radius 3 is 2.67 bits per heavy atom. The summed E-state index contributed by atoms with van der Waals surface area (Å²) in [5, 5.41) is 12.9. The number of rotatable bonds is 5. The first-order valence-corrected chi connectivity index (χ1v) is 8.62. The van der Waals surface area contributed by atoms with E-state index >= 15 is 0 Å². The van der Waals surface area contributed by atoms with Crippen LogP contribution in [0, 0.1) is 0 Å². The lowest BCUT2D eigenvalue weighted by Crippen LogP contribution is -2.30. The van der Waals surface area contributed by atoms with Crippen LogP contribution in [0.25, 0.3) is 0 Å². The van der Waals surface area contributed by atoms with Gasteiger partial charge in [-0.3, -0.25) is 14.9 Å². The largest absolute Gasteiger partial charge is 0.369 e. The van der Waals surface area contributed by atoms with Crippen molar-refractivity contribution in [2.75, 3.05) is 23.3 Å². The van der Waals surface area contributed by atoms with Crippen LogP contribution in [-0.4, -0.2) is 40.1 Å². The number of aromatic nitrogens is 3. The van der Waals surface area contributed by atoms with Crippen molar-refractivity contribution in [1.82, 2.24) is 15.2 Å². The number of carbonyl (C=O) groups excluding carboxylic acids is 2. The lowest BCUT2D eigenvalue weighted by Gasteiger charge is -2.27. The predicted octanol–water partition coefficient (Wildman–Crippen LogP) is 1.20. The minimum atomic E-state index is -0.461. The van der Waals surface area contributed by atoms with Gasteiger partial charge < -0.3 is 10.6 Å². The summed E-state index contributed by atoms with van der Waals surface area (Å²) in [5.41, 5.74) is 5.88. The Morgan fingerprint density at radius 2 is 2.00 bits per heavy atom. The van der Waals surface area contributed by atoms with E-state index < -0.39 is 5.91 Å². The molecule has 3 N–H and O–H groups in total. The fraction of sp³-hybridized carbons (Fsp3) is 0.400. The first kappa shape index (κ1) is 16.3. The Balaban J connectivity index is 1.62. The van der Waals surface area contributed by atoms with Crippen LogP contribution in [0.5, 0.6) is 0 Å². The van der Waals surface area contributed by atoms with Crippen LogP contribution in [0.2, 0.25) is 0 Å². The van der Waals surface area contributed by atoms with Gasteiger partial charge in [-0.25, -0.2) is 4.98 Å². The smallest absolute Gasteiger partial charge is 0.277 e. The van der Waals surface area contributed by atoms with Gasteiger partial charge in [0.05, 0.1) is 12.1 Å². The molecule has 2 aromatic rings. The van der Waals surface area contributed by atoms with Crippen LogP contribution in [0.1, 0.15) is 35.4 Å². The van der Waals surface area contributed by atoms with Gasteiger partial charge in [-0.05, 0) is 31.4 Å². The highest BCUT2D eigenvalue weighted by Gasteiger charge is 2.15. The molecule has 3 rings (SSSR count). The van der Waals surface area contributed by atoms with Crippen molar-refractivity contribution in [3.05, 3.63) is 28.9 Å². The SMILES string of the molecule is NC(=O)Cc1csc(NC(=O)c2ccc(N3CCCCC3)nn2)n1. The van der Waals surface area contributed by atoms with Crippen LogP contribution in [-0.2, 0) is 11.2 Å². The topological polar surface area (TPSA) is 114 Å². The van der Waals surface area contributed by atoms with Gasteiger partial charge in [0.2, 0.25) is 5.91 Å². The average molecular weight is 346 g/mol. The van der Waals surface area contributed by atoms with Gasteiger partial charge in [0.1, 0.15) is 0 Å². The van der Waals surface area contributed by atoms with E-state index in [1.165, 1.54) is 17.8 Å². The number of piperidine rings is 1. The number of hydrogen-bond donors (Lipinski definition) is 2. The molecule has 0 aromatic carbocycles. The first-order chi connectivity index (χ1) is 11.6. The van der Waals surface area contributed by atoms with Gasteiger partial charge in [0, 0.05) is 18.5 Å².